The third-order valence-electron chi connectivity index (χ3n) is 6.78. The number of benzene rings is 1. The predicted octanol–water partition coefficient (Wildman–Crippen LogP) is 3.16. The minimum absolute atomic E-state index is 0.0651. The molecule has 0 bridgehead atoms. The average molecular weight is 442 g/mol. The first-order valence-corrected chi connectivity index (χ1v) is 12.1. The number of carbonyl (C=O) groups excluding carboxylic acids is 3. The SMILES string of the molecule is CC(C)CN[C@H]1CCCCC[C@@H]1Oc1ccc2c(c1)CN(C1CCC(=O)NC(=O)C1)C2=O. The number of carbonyl (C=O) groups is 3. The third-order valence-corrected chi connectivity index (χ3v) is 6.78. The van der Waals surface area contributed by atoms with E-state index in [2.05, 4.69) is 24.5 Å². The number of rotatable bonds is 6. The van der Waals surface area contributed by atoms with Crippen molar-refractivity contribution in [2.45, 2.75) is 89.9 Å². The molecule has 3 amide bonds. The van der Waals surface area contributed by atoms with Crippen molar-refractivity contribution in [3.8, 4) is 5.75 Å². The van der Waals surface area contributed by atoms with Crippen LogP contribution in [0.2, 0.25) is 0 Å². The van der Waals surface area contributed by atoms with E-state index in [4.69, 9.17) is 4.74 Å². The highest BCUT2D eigenvalue weighted by Gasteiger charge is 2.36. The molecule has 1 saturated carbocycles. The van der Waals surface area contributed by atoms with Gasteiger partial charge in [0.05, 0.1) is 0 Å². The Morgan fingerprint density at radius 1 is 1.09 bits per heavy atom. The Balaban J connectivity index is 1.45. The van der Waals surface area contributed by atoms with Crippen LogP contribution < -0.4 is 15.4 Å². The second-order valence-corrected chi connectivity index (χ2v) is 9.82. The van der Waals surface area contributed by atoms with Gasteiger partial charge in [0.1, 0.15) is 11.9 Å². The average Bonchev–Trinajstić information content (AvgIpc) is 2.88. The quantitative estimate of drug-likeness (QED) is 0.523. The highest BCUT2D eigenvalue weighted by Crippen LogP contribution is 2.32. The standard InChI is InChI=1S/C25H35N3O4/c1-16(2)14-26-21-6-4-3-5-7-22(21)32-19-9-10-20-17(12-19)15-28(25(20)31)18-8-11-23(29)27-24(30)13-18/h9-10,12,16,18,21-22,26H,3-8,11,13-15H2,1-2H3,(H,27,29,30)/t18?,21-,22-/m0/s1. The highest BCUT2D eigenvalue weighted by molar-refractivity contribution is 6.00. The van der Waals surface area contributed by atoms with Gasteiger partial charge in [-0.3, -0.25) is 19.7 Å². The zero-order chi connectivity index (χ0) is 22.7. The first-order valence-electron chi connectivity index (χ1n) is 12.1. The molecule has 2 heterocycles. The van der Waals surface area contributed by atoms with Crippen molar-refractivity contribution in [2.75, 3.05) is 6.54 Å². The molecule has 174 valence electrons. The summed E-state index contributed by atoms with van der Waals surface area (Å²) in [5.74, 6) is 0.761. The molecule has 2 aliphatic heterocycles. The Hall–Kier alpha value is -2.41. The number of amides is 3. The smallest absolute Gasteiger partial charge is 0.254 e. The molecule has 7 nitrogen and oxygen atoms in total. The summed E-state index contributed by atoms with van der Waals surface area (Å²) in [6.45, 7) is 5.88. The van der Waals surface area contributed by atoms with Crippen LogP contribution in [0.25, 0.3) is 0 Å². The summed E-state index contributed by atoms with van der Waals surface area (Å²) in [6, 6.07) is 5.82. The zero-order valence-electron chi connectivity index (χ0n) is 19.2. The van der Waals surface area contributed by atoms with Gasteiger partial charge < -0.3 is 15.0 Å². The molecule has 1 aromatic carbocycles. The molecule has 0 aromatic heterocycles. The molecule has 3 aliphatic rings. The number of imide groups is 1. The van der Waals surface area contributed by atoms with Crippen molar-refractivity contribution in [1.29, 1.82) is 0 Å². The summed E-state index contributed by atoms with van der Waals surface area (Å²) in [7, 11) is 0. The minimum atomic E-state index is -0.307. The number of hydrogen-bond donors (Lipinski definition) is 2. The largest absolute Gasteiger partial charge is 0.489 e. The molecule has 0 spiro atoms. The van der Waals surface area contributed by atoms with Gasteiger partial charge in [-0.15, -0.1) is 0 Å². The summed E-state index contributed by atoms with van der Waals surface area (Å²) in [4.78, 5) is 38.4. The molecule has 32 heavy (non-hydrogen) atoms. The Labute approximate surface area is 190 Å². The fourth-order valence-electron chi connectivity index (χ4n) is 5.05. The van der Waals surface area contributed by atoms with Crippen molar-refractivity contribution < 1.29 is 19.1 Å². The lowest BCUT2D eigenvalue weighted by Gasteiger charge is -2.28. The Morgan fingerprint density at radius 3 is 2.72 bits per heavy atom. The van der Waals surface area contributed by atoms with E-state index in [0.717, 1.165) is 30.7 Å². The van der Waals surface area contributed by atoms with Crippen LogP contribution in [-0.4, -0.2) is 47.4 Å². The van der Waals surface area contributed by atoms with Crippen molar-refractivity contribution >= 4 is 17.7 Å². The lowest BCUT2D eigenvalue weighted by molar-refractivity contribution is -0.129. The Bertz CT molecular complexity index is 869. The summed E-state index contributed by atoms with van der Waals surface area (Å²) < 4.78 is 6.47. The van der Waals surface area contributed by atoms with E-state index < -0.39 is 0 Å². The van der Waals surface area contributed by atoms with Crippen molar-refractivity contribution in [3.05, 3.63) is 29.3 Å². The van der Waals surface area contributed by atoms with Crippen LogP contribution in [0.4, 0.5) is 0 Å². The van der Waals surface area contributed by atoms with Crippen LogP contribution in [0.5, 0.6) is 5.75 Å². The van der Waals surface area contributed by atoms with Gasteiger partial charge in [0, 0.05) is 37.0 Å². The molecule has 3 atom stereocenters. The monoisotopic (exact) mass is 441 g/mol. The van der Waals surface area contributed by atoms with E-state index >= 15 is 0 Å². The third kappa shape index (κ3) is 5.31. The van der Waals surface area contributed by atoms with Crippen LogP contribution >= 0.6 is 0 Å². The van der Waals surface area contributed by atoms with Gasteiger partial charge in [-0.05, 0) is 61.9 Å². The first kappa shape index (κ1) is 22.8. The van der Waals surface area contributed by atoms with Gasteiger partial charge in [-0.1, -0.05) is 26.7 Å². The molecule has 1 unspecified atom stereocenters. The normalized spacial score (nSPS) is 26.5. The van der Waals surface area contributed by atoms with Gasteiger partial charge in [0.15, 0.2) is 0 Å². The Morgan fingerprint density at radius 2 is 1.91 bits per heavy atom. The summed E-state index contributed by atoms with van der Waals surface area (Å²) in [5, 5.41) is 6.07. The second kappa shape index (κ2) is 10.0. The second-order valence-electron chi connectivity index (χ2n) is 9.82. The van der Waals surface area contributed by atoms with E-state index in [1.807, 2.05) is 18.2 Å². The Kier molecular flexibility index (Phi) is 7.13. The zero-order valence-corrected chi connectivity index (χ0v) is 19.2. The molecule has 1 aliphatic carbocycles. The van der Waals surface area contributed by atoms with E-state index in [1.54, 1.807) is 4.90 Å². The molecular weight excluding hydrogens is 406 g/mol. The maximum Gasteiger partial charge on any atom is 0.254 e. The van der Waals surface area contributed by atoms with Crippen molar-refractivity contribution in [2.24, 2.45) is 5.92 Å². The molecule has 4 rings (SSSR count). The van der Waals surface area contributed by atoms with Gasteiger partial charge in [-0.25, -0.2) is 0 Å². The van der Waals surface area contributed by atoms with Crippen molar-refractivity contribution in [1.82, 2.24) is 15.5 Å². The molecule has 7 heteroatoms. The first-order chi connectivity index (χ1) is 15.4. The molecule has 0 radical (unpaired) electrons. The maximum atomic E-state index is 13.0. The highest BCUT2D eigenvalue weighted by atomic mass is 16.5. The van der Waals surface area contributed by atoms with Gasteiger partial charge in [0.2, 0.25) is 11.8 Å². The van der Waals surface area contributed by atoms with E-state index in [1.165, 1.54) is 19.3 Å². The number of ether oxygens (including phenoxy) is 1. The number of nitrogens with one attached hydrogen (secondary N) is 2. The van der Waals surface area contributed by atoms with Crippen LogP contribution in [0.15, 0.2) is 18.2 Å². The number of hydrogen-bond acceptors (Lipinski definition) is 5. The summed E-state index contributed by atoms with van der Waals surface area (Å²) in [5.41, 5.74) is 1.60. The van der Waals surface area contributed by atoms with Crippen LogP contribution in [0.1, 0.15) is 81.1 Å². The van der Waals surface area contributed by atoms with Crippen molar-refractivity contribution in [3.63, 3.8) is 0 Å². The topological polar surface area (TPSA) is 87.7 Å². The van der Waals surface area contributed by atoms with E-state index in [9.17, 15) is 14.4 Å². The fourth-order valence-corrected chi connectivity index (χ4v) is 5.05. The summed E-state index contributed by atoms with van der Waals surface area (Å²) in [6.07, 6.45) is 6.85. The van der Waals surface area contributed by atoms with Crippen LogP contribution in [0, 0.1) is 5.92 Å². The van der Waals surface area contributed by atoms with Crippen LogP contribution in [-0.2, 0) is 16.1 Å². The maximum absolute atomic E-state index is 13.0. The van der Waals surface area contributed by atoms with Gasteiger partial charge in [0.25, 0.3) is 5.91 Å². The summed E-state index contributed by atoms with van der Waals surface area (Å²) >= 11 is 0. The molecule has 1 saturated heterocycles. The van der Waals surface area contributed by atoms with E-state index in [0.29, 0.717) is 30.5 Å². The minimum Gasteiger partial charge on any atom is -0.489 e. The predicted molar refractivity (Wildman–Crippen MR) is 121 cm³/mol. The number of nitrogens with zero attached hydrogens (tertiary/aromatic N) is 1. The fraction of sp³-hybridized carbons (Fsp3) is 0.640. The number of fused-ring (bicyclic) bond motifs is 1. The van der Waals surface area contributed by atoms with Gasteiger partial charge in [-0.2, -0.15) is 0 Å². The molecular formula is C25H35N3O4. The van der Waals surface area contributed by atoms with E-state index in [-0.39, 0.29) is 42.7 Å². The molecule has 1 aromatic rings. The molecule has 2 N–H and O–H groups in total. The lowest BCUT2D eigenvalue weighted by Crippen LogP contribution is -2.43. The molecule has 2 fully saturated rings. The van der Waals surface area contributed by atoms with Crippen LogP contribution in [0.3, 0.4) is 0 Å². The van der Waals surface area contributed by atoms with Gasteiger partial charge >= 0.3 is 0 Å². The lowest BCUT2D eigenvalue weighted by atomic mass is 10.0.